The third-order valence-corrected chi connectivity index (χ3v) is 8.64. The van der Waals surface area contributed by atoms with E-state index in [1.807, 2.05) is 23.1 Å². The molecule has 1 saturated carbocycles. The second-order valence-electron chi connectivity index (χ2n) is 10.1. The lowest BCUT2D eigenvalue weighted by atomic mass is 10.1. The highest BCUT2D eigenvalue weighted by atomic mass is 32.2. The minimum atomic E-state index is -3.29. The van der Waals surface area contributed by atoms with Gasteiger partial charge in [-0.15, -0.1) is 0 Å². The molecule has 2 fully saturated rings. The number of benzene rings is 2. The van der Waals surface area contributed by atoms with Gasteiger partial charge >= 0.3 is 0 Å². The van der Waals surface area contributed by atoms with E-state index in [1.54, 1.807) is 24.3 Å². The summed E-state index contributed by atoms with van der Waals surface area (Å²) in [6.07, 6.45) is 3.68. The van der Waals surface area contributed by atoms with Gasteiger partial charge in [-0.2, -0.15) is 19.3 Å². The molecule has 3 aromatic rings. The second kappa shape index (κ2) is 11.3. The van der Waals surface area contributed by atoms with Crippen molar-refractivity contribution in [2.24, 2.45) is 0 Å². The maximum absolute atomic E-state index is 13.5. The average Bonchev–Trinajstić information content (AvgIpc) is 3.71. The maximum atomic E-state index is 13.5. The van der Waals surface area contributed by atoms with Crippen molar-refractivity contribution in [3.05, 3.63) is 87.6 Å². The monoisotopic (exact) mass is 550 g/mol. The molecular formula is C28H31FN6O3S. The summed E-state index contributed by atoms with van der Waals surface area (Å²) in [7, 11) is -3.29. The zero-order valence-corrected chi connectivity index (χ0v) is 22.6. The predicted molar refractivity (Wildman–Crippen MR) is 147 cm³/mol. The van der Waals surface area contributed by atoms with Crippen LogP contribution in [0.15, 0.2) is 59.4 Å². The molecule has 0 bridgehead atoms. The molecule has 0 radical (unpaired) electrons. The maximum Gasteiger partial charge on any atom is 0.295 e. The Morgan fingerprint density at radius 2 is 1.77 bits per heavy atom. The second-order valence-corrected chi connectivity index (χ2v) is 12.1. The molecule has 0 unspecified atom stereocenters. The number of nitrogens with zero attached hydrogens (tertiary/aromatic N) is 5. The molecule has 2 atom stereocenters. The minimum absolute atomic E-state index is 0.226. The summed E-state index contributed by atoms with van der Waals surface area (Å²) >= 11 is 0. The van der Waals surface area contributed by atoms with Crippen molar-refractivity contribution in [1.82, 2.24) is 19.4 Å². The van der Waals surface area contributed by atoms with Crippen molar-refractivity contribution in [3.63, 3.8) is 0 Å². The first-order chi connectivity index (χ1) is 18.7. The normalized spacial score (nSPS) is 19.6. The van der Waals surface area contributed by atoms with Gasteiger partial charge in [-0.3, -0.25) is 4.79 Å². The molecule has 0 spiro atoms. The summed E-state index contributed by atoms with van der Waals surface area (Å²) in [5.74, 6) is 0.176. The number of nitriles is 1. The standard InChI is InChI=1S/C28H31FN6O3S/c1-39(37,38)34-15-13-33(14-16-34)27-17-23(32-35(28(27)36)24-10-4-20(19-30)5-11-24)3-2-12-31-26-18-25(26)21-6-8-22(29)9-7-21/h4-11,17,25-26,31H,2-3,12-16,18H2,1H3/t25-,26+/m0/s1. The van der Waals surface area contributed by atoms with Crippen LogP contribution in [0.3, 0.4) is 0 Å². The van der Waals surface area contributed by atoms with E-state index in [0.717, 1.165) is 30.6 Å². The summed E-state index contributed by atoms with van der Waals surface area (Å²) in [5, 5.41) is 17.3. The Balaban J connectivity index is 1.29. The number of hydrogen-bond donors (Lipinski definition) is 1. The van der Waals surface area contributed by atoms with E-state index >= 15 is 0 Å². The number of rotatable bonds is 9. The van der Waals surface area contributed by atoms with Gasteiger partial charge in [0.15, 0.2) is 0 Å². The number of halogens is 1. The SMILES string of the molecule is CS(=O)(=O)N1CCN(c2cc(CCCN[C@@H]3C[C@H]3c3ccc(F)cc3)nn(-c3ccc(C#N)cc3)c2=O)CC1. The molecule has 39 heavy (non-hydrogen) atoms. The number of sulfonamides is 1. The summed E-state index contributed by atoms with van der Waals surface area (Å²) in [4.78, 5) is 15.4. The van der Waals surface area contributed by atoms with Gasteiger partial charge < -0.3 is 10.2 Å². The zero-order valence-electron chi connectivity index (χ0n) is 21.8. The van der Waals surface area contributed by atoms with E-state index < -0.39 is 10.0 Å². The van der Waals surface area contributed by atoms with Gasteiger partial charge in [0.2, 0.25) is 10.0 Å². The van der Waals surface area contributed by atoms with Crippen molar-refractivity contribution in [1.29, 1.82) is 5.26 Å². The first-order valence-electron chi connectivity index (χ1n) is 13.1. The van der Waals surface area contributed by atoms with Crippen LogP contribution in [0.4, 0.5) is 10.1 Å². The third kappa shape index (κ3) is 6.36. The molecule has 2 aliphatic rings. The summed E-state index contributed by atoms with van der Waals surface area (Å²) < 4.78 is 39.9. The van der Waals surface area contributed by atoms with Crippen molar-refractivity contribution in [3.8, 4) is 11.8 Å². The average molecular weight is 551 g/mol. The molecule has 5 rings (SSSR count). The van der Waals surface area contributed by atoms with Crippen LogP contribution in [0, 0.1) is 17.1 Å². The van der Waals surface area contributed by atoms with Crippen LogP contribution in [-0.2, 0) is 16.4 Å². The highest BCUT2D eigenvalue weighted by molar-refractivity contribution is 7.88. The van der Waals surface area contributed by atoms with Gasteiger partial charge in [0.1, 0.15) is 11.5 Å². The van der Waals surface area contributed by atoms with E-state index in [1.165, 1.54) is 27.4 Å². The fourth-order valence-corrected chi connectivity index (χ4v) is 5.87. The van der Waals surface area contributed by atoms with Crippen molar-refractivity contribution < 1.29 is 12.8 Å². The summed E-state index contributed by atoms with van der Waals surface area (Å²) in [5.41, 5.74) is 3.16. The molecule has 0 amide bonds. The van der Waals surface area contributed by atoms with Gasteiger partial charge in [-0.05, 0) is 73.8 Å². The highest BCUT2D eigenvalue weighted by Crippen LogP contribution is 2.40. The Hall–Kier alpha value is -3.59. The molecule has 1 N–H and O–H groups in total. The molecule has 204 valence electrons. The van der Waals surface area contributed by atoms with E-state index in [4.69, 9.17) is 5.26 Å². The number of aromatic nitrogens is 2. The van der Waals surface area contributed by atoms with Crippen LogP contribution in [0.25, 0.3) is 5.69 Å². The number of piperazine rings is 1. The van der Waals surface area contributed by atoms with Crippen LogP contribution >= 0.6 is 0 Å². The van der Waals surface area contributed by atoms with Gasteiger partial charge in [0, 0.05) is 38.1 Å². The first-order valence-corrected chi connectivity index (χ1v) is 14.9. The molecule has 11 heteroatoms. The fraction of sp³-hybridized carbons (Fsp3) is 0.393. The molecule has 1 aromatic heterocycles. The van der Waals surface area contributed by atoms with Crippen LogP contribution in [-0.4, -0.2) is 67.5 Å². The Kier molecular flexibility index (Phi) is 7.79. The summed E-state index contributed by atoms with van der Waals surface area (Å²) in [6.45, 7) is 2.23. The van der Waals surface area contributed by atoms with E-state index in [9.17, 15) is 17.6 Å². The van der Waals surface area contributed by atoms with Crippen LogP contribution in [0.5, 0.6) is 0 Å². The molecule has 2 aromatic carbocycles. The quantitative estimate of drug-likeness (QED) is 0.407. The van der Waals surface area contributed by atoms with Gasteiger partial charge in [0.25, 0.3) is 5.56 Å². The Morgan fingerprint density at radius 1 is 1.08 bits per heavy atom. The topological polar surface area (TPSA) is 111 Å². The van der Waals surface area contributed by atoms with E-state index in [-0.39, 0.29) is 11.4 Å². The molecule has 1 saturated heterocycles. The third-order valence-electron chi connectivity index (χ3n) is 7.34. The number of nitrogens with one attached hydrogen (secondary N) is 1. The molecular weight excluding hydrogens is 519 g/mol. The Morgan fingerprint density at radius 3 is 2.41 bits per heavy atom. The Labute approximate surface area is 227 Å². The zero-order chi connectivity index (χ0) is 27.6. The van der Waals surface area contributed by atoms with Crippen molar-refractivity contribution >= 4 is 15.7 Å². The molecule has 1 aliphatic heterocycles. The van der Waals surface area contributed by atoms with Crippen LogP contribution in [0.1, 0.15) is 35.6 Å². The predicted octanol–water partition coefficient (Wildman–Crippen LogP) is 2.40. The van der Waals surface area contributed by atoms with E-state index in [0.29, 0.717) is 61.5 Å². The van der Waals surface area contributed by atoms with E-state index in [2.05, 4.69) is 16.5 Å². The lowest BCUT2D eigenvalue weighted by molar-refractivity contribution is 0.387. The van der Waals surface area contributed by atoms with Crippen LogP contribution in [0.2, 0.25) is 0 Å². The highest BCUT2D eigenvalue weighted by Gasteiger charge is 2.37. The van der Waals surface area contributed by atoms with Crippen molar-refractivity contribution in [2.45, 2.75) is 31.2 Å². The van der Waals surface area contributed by atoms with Crippen molar-refractivity contribution in [2.75, 3.05) is 43.9 Å². The summed E-state index contributed by atoms with van der Waals surface area (Å²) in [6, 6.07) is 17.7. The largest absolute Gasteiger partial charge is 0.364 e. The lowest BCUT2D eigenvalue weighted by Gasteiger charge is -2.34. The first kappa shape index (κ1) is 27.0. The molecule has 2 heterocycles. The number of hydrogen-bond acceptors (Lipinski definition) is 7. The van der Waals surface area contributed by atoms with Crippen LogP contribution < -0.4 is 15.8 Å². The molecule has 1 aliphatic carbocycles. The van der Waals surface area contributed by atoms with Gasteiger partial charge in [-0.25, -0.2) is 12.8 Å². The number of aryl methyl sites for hydroxylation is 1. The minimum Gasteiger partial charge on any atom is -0.364 e. The van der Waals surface area contributed by atoms with Gasteiger partial charge in [-0.1, -0.05) is 12.1 Å². The Bertz CT molecular complexity index is 1530. The number of anilines is 1. The smallest absolute Gasteiger partial charge is 0.295 e. The molecule has 9 nitrogen and oxygen atoms in total. The fourth-order valence-electron chi connectivity index (χ4n) is 5.05. The lowest BCUT2D eigenvalue weighted by Crippen LogP contribution is -2.50. The van der Waals surface area contributed by atoms with Gasteiger partial charge in [0.05, 0.1) is 29.3 Å².